The van der Waals surface area contributed by atoms with Crippen molar-refractivity contribution in [3.05, 3.63) is 114 Å². The van der Waals surface area contributed by atoms with E-state index in [0.29, 0.717) is 11.5 Å². The third-order valence-corrected chi connectivity index (χ3v) is 6.72. The van der Waals surface area contributed by atoms with E-state index < -0.39 is 0 Å². The summed E-state index contributed by atoms with van der Waals surface area (Å²) >= 11 is 0. The fraction of sp³-hybridized carbons (Fsp3) is 0.129. The minimum absolute atomic E-state index is 0.135. The minimum atomic E-state index is -0.135. The molecule has 1 aromatic heterocycles. The van der Waals surface area contributed by atoms with Crippen molar-refractivity contribution >= 4 is 34.1 Å². The van der Waals surface area contributed by atoms with Crippen LogP contribution < -0.4 is 10.6 Å². The van der Waals surface area contributed by atoms with Crippen molar-refractivity contribution in [2.75, 3.05) is 24.2 Å². The highest BCUT2D eigenvalue weighted by Crippen LogP contribution is 2.28. The van der Waals surface area contributed by atoms with E-state index >= 15 is 0 Å². The van der Waals surface area contributed by atoms with E-state index in [1.807, 2.05) is 84.9 Å². The van der Waals surface area contributed by atoms with Crippen LogP contribution in [0.2, 0.25) is 0 Å². The molecule has 1 aliphatic rings. The summed E-state index contributed by atoms with van der Waals surface area (Å²) in [6, 6.07) is 31.7. The van der Waals surface area contributed by atoms with E-state index in [1.165, 1.54) is 11.1 Å². The summed E-state index contributed by atoms with van der Waals surface area (Å²) in [6.07, 6.45) is 1.04. The summed E-state index contributed by atoms with van der Waals surface area (Å²) in [6.45, 7) is 1.97. The number of hydrogen-bond acceptors (Lipinski definition) is 5. The van der Waals surface area contributed by atoms with Gasteiger partial charge in [0.05, 0.1) is 11.2 Å². The van der Waals surface area contributed by atoms with E-state index in [0.717, 1.165) is 53.0 Å². The van der Waals surface area contributed by atoms with Crippen LogP contribution in [0.15, 0.2) is 97.1 Å². The average molecular weight is 486 g/mol. The number of aromatic nitrogens is 2. The molecule has 0 unspecified atom stereocenters. The number of nitrogens with one attached hydrogen (secondary N) is 2. The summed E-state index contributed by atoms with van der Waals surface area (Å²) in [7, 11) is 2.12. The van der Waals surface area contributed by atoms with Crippen molar-refractivity contribution in [2.45, 2.75) is 13.0 Å². The minimum Gasteiger partial charge on any atom is -0.324 e. The number of likely N-dealkylation sites (N-methyl/N-ethyl adjacent to an activating group) is 1. The van der Waals surface area contributed by atoms with E-state index in [4.69, 9.17) is 9.97 Å². The van der Waals surface area contributed by atoms with Crippen molar-refractivity contribution in [1.82, 2.24) is 14.9 Å². The zero-order valence-electron chi connectivity index (χ0n) is 20.6. The Morgan fingerprint density at radius 1 is 0.811 bits per heavy atom. The zero-order valence-corrected chi connectivity index (χ0v) is 20.6. The molecule has 0 aliphatic carbocycles. The van der Waals surface area contributed by atoms with Gasteiger partial charge in [0, 0.05) is 41.0 Å². The fourth-order valence-electron chi connectivity index (χ4n) is 4.76. The summed E-state index contributed by atoms with van der Waals surface area (Å²) < 4.78 is 0. The number of carbonyl (C=O) groups excluding carboxylic acids is 1. The van der Waals surface area contributed by atoms with Gasteiger partial charge in [-0.15, -0.1) is 0 Å². The van der Waals surface area contributed by atoms with Gasteiger partial charge in [0.25, 0.3) is 5.91 Å². The number of amides is 1. The first kappa shape index (κ1) is 22.9. The second-order valence-electron chi connectivity index (χ2n) is 9.41. The van der Waals surface area contributed by atoms with Crippen LogP contribution in [0.3, 0.4) is 0 Å². The Hall–Kier alpha value is -4.55. The van der Waals surface area contributed by atoms with Crippen LogP contribution in [-0.4, -0.2) is 34.4 Å². The first-order valence-corrected chi connectivity index (χ1v) is 12.4. The summed E-state index contributed by atoms with van der Waals surface area (Å²) in [5.74, 6) is 0.373. The molecule has 6 rings (SSSR count). The van der Waals surface area contributed by atoms with Crippen molar-refractivity contribution < 1.29 is 4.79 Å². The highest BCUT2D eigenvalue weighted by molar-refractivity contribution is 6.04. The molecule has 37 heavy (non-hydrogen) atoms. The number of hydrogen-bond donors (Lipinski definition) is 2. The van der Waals surface area contributed by atoms with E-state index in [-0.39, 0.29) is 5.91 Å². The average Bonchev–Trinajstić information content (AvgIpc) is 2.93. The molecular formula is C31H27N5O. The van der Waals surface area contributed by atoms with Crippen LogP contribution in [0.1, 0.15) is 21.5 Å². The Morgan fingerprint density at radius 3 is 2.41 bits per heavy atom. The predicted octanol–water partition coefficient (Wildman–Crippen LogP) is 6.28. The number of fused-ring (bicyclic) bond motifs is 2. The van der Waals surface area contributed by atoms with E-state index in [2.05, 4.69) is 34.7 Å². The fourth-order valence-corrected chi connectivity index (χ4v) is 4.76. The largest absolute Gasteiger partial charge is 0.324 e. The lowest BCUT2D eigenvalue weighted by Gasteiger charge is -2.25. The van der Waals surface area contributed by atoms with Crippen LogP contribution >= 0.6 is 0 Å². The summed E-state index contributed by atoms with van der Waals surface area (Å²) in [5, 5.41) is 7.34. The van der Waals surface area contributed by atoms with Gasteiger partial charge in [-0.05, 0) is 67.1 Å². The number of nitrogens with zero attached hydrogens (tertiary/aromatic N) is 3. The molecular weight excluding hydrogens is 458 g/mol. The molecule has 0 radical (unpaired) electrons. The zero-order chi connectivity index (χ0) is 25.2. The Kier molecular flexibility index (Phi) is 6.08. The molecule has 0 saturated carbocycles. The van der Waals surface area contributed by atoms with E-state index in [9.17, 15) is 4.79 Å². The van der Waals surface area contributed by atoms with Crippen molar-refractivity contribution in [3.8, 4) is 11.3 Å². The highest BCUT2D eigenvalue weighted by atomic mass is 16.1. The molecule has 2 N–H and O–H groups in total. The lowest BCUT2D eigenvalue weighted by Crippen LogP contribution is -2.26. The maximum atomic E-state index is 12.9. The Labute approximate surface area is 216 Å². The molecule has 0 atom stereocenters. The van der Waals surface area contributed by atoms with Gasteiger partial charge in [-0.2, -0.15) is 0 Å². The molecule has 6 heteroatoms. The molecule has 5 aromatic rings. The van der Waals surface area contributed by atoms with Crippen molar-refractivity contribution in [1.29, 1.82) is 0 Å². The van der Waals surface area contributed by atoms with Gasteiger partial charge in [0.15, 0.2) is 0 Å². The monoisotopic (exact) mass is 485 g/mol. The van der Waals surface area contributed by atoms with Crippen LogP contribution in [0.5, 0.6) is 0 Å². The van der Waals surface area contributed by atoms with Crippen LogP contribution in [0, 0.1) is 0 Å². The molecule has 182 valence electrons. The number of carbonyl (C=O) groups is 1. The standard InChI is InChI=1S/C31H27N5O/c1-36-18-17-21-11-16-26(19-24(21)20-36)32-30(37)23-12-14-25(15-13-23)33-31-34-28-10-6-5-9-27(28)29(35-31)22-7-3-2-4-8-22/h2-16,19H,17-18,20H2,1H3,(H,32,37)(H,33,34,35). The topological polar surface area (TPSA) is 70.2 Å². The molecule has 2 heterocycles. The SMILES string of the molecule is CN1CCc2ccc(NC(=O)c3ccc(Nc4nc(-c5ccccc5)c5ccccc5n4)cc3)cc2C1. The smallest absolute Gasteiger partial charge is 0.255 e. The Bertz CT molecular complexity index is 1580. The number of benzene rings is 4. The first-order chi connectivity index (χ1) is 18.1. The van der Waals surface area contributed by atoms with Gasteiger partial charge < -0.3 is 15.5 Å². The Morgan fingerprint density at radius 2 is 1.57 bits per heavy atom. The van der Waals surface area contributed by atoms with Crippen LogP contribution in [0.4, 0.5) is 17.3 Å². The first-order valence-electron chi connectivity index (χ1n) is 12.4. The third-order valence-electron chi connectivity index (χ3n) is 6.72. The van der Waals surface area contributed by atoms with Crippen molar-refractivity contribution in [2.24, 2.45) is 0 Å². The number of rotatable bonds is 5. The molecule has 0 fully saturated rings. The quantitative estimate of drug-likeness (QED) is 0.307. The molecule has 0 spiro atoms. The second kappa shape index (κ2) is 9.84. The van der Waals surface area contributed by atoms with Crippen molar-refractivity contribution in [3.63, 3.8) is 0 Å². The van der Waals surface area contributed by atoms with Crippen LogP contribution in [-0.2, 0) is 13.0 Å². The van der Waals surface area contributed by atoms with Gasteiger partial charge >= 0.3 is 0 Å². The lowest BCUT2D eigenvalue weighted by atomic mass is 9.99. The van der Waals surface area contributed by atoms with E-state index in [1.54, 1.807) is 0 Å². The molecule has 0 bridgehead atoms. The third kappa shape index (κ3) is 4.92. The maximum Gasteiger partial charge on any atom is 0.255 e. The molecule has 1 aliphatic heterocycles. The lowest BCUT2D eigenvalue weighted by molar-refractivity contribution is 0.102. The molecule has 6 nitrogen and oxygen atoms in total. The van der Waals surface area contributed by atoms with Gasteiger partial charge in [0.1, 0.15) is 0 Å². The molecule has 0 saturated heterocycles. The molecule has 1 amide bonds. The molecule has 4 aromatic carbocycles. The Balaban J connectivity index is 1.20. The number of anilines is 3. The normalized spacial score (nSPS) is 13.2. The van der Waals surface area contributed by atoms with Crippen LogP contribution in [0.25, 0.3) is 22.2 Å². The second-order valence-corrected chi connectivity index (χ2v) is 9.41. The van der Waals surface area contributed by atoms with Gasteiger partial charge in [-0.25, -0.2) is 9.97 Å². The van der Waals surface area contributed by atoms with Gasteiger partial charge in [0.2, 0.25) is 5.95 Å². The predicted molar refractivity (Wildman–Crippen MR) is 149 cm³/mol. The highest BCUT2D eigenvalue weighted by Gasteiger charge is 2.15. The number of para-hydroxylation sites is 1. The van der Waals surface area contributed by atoms with Gasteiger partial charge in [-0.3, -0.25) is 4.79 Å². The summed E-state index contributed by atoms with van der Waals surface area (Å²) in [4.78, 5) is 24.7. The van der Waals surface area contributed by atoms with Gasteiger partial charge in [-0.1, -0.05) is 54.6 Å². The maximum absolute atomic E-state index is 12.9. The summed E-state index contributed by atoms with van der Waals surface area (Å²) in [5.41, 5.74) is 7.62.